The fourth-order valence-corrected chi connectivity index (χ4v) is 4.51. The zero-order valence-corrected chi connectivity index (χ0v) is 19.8. The number of nitrogens with zero attached hydrogens (tertiary/aromatic N) is 2. The third-order valence-corrected chi connectivity index (χ3v) is 6.26. The standard InChI is InChI=1S/C27H25ClN2O4/c1-4-14-33-23-13-10-18(15-25(23)32-3)27-30-22(20-6-5-7-24(31-2)26(20)34-27)16-21(29-30)17-8-11-19(28)12-9-17/h4-13,15,22,27H,1,14,16H2,2-3H3/t22-,27-/m0/s1. The molecule has 0 aromatic heterocycles. The van der Waals surface area contributed by atoms with Crippen molar-refractivity contribution in [2.24, 2.45) is 5.10 Å². The molecule has 0 unspecified atom stereocenters. The molecule has 2 aliphatic rings. The lowest BCUT2D eigenvalue weighted by Gasteiger charge is -2.38. The van der Waals surface area contributed by atoms with Crippen molar-refractivity contribution < 1.29 is 18.9 Å². The van der Waals surface area contributed by atoms with Crippen molar-refractivity contribution in [2.45, 2.75) is 18.7 Å². The lowest BCUT2D eigenvalue weighted by molar-refractivity contribution is -0.0210. The molecule has 174 valence electrons. The van der Waals surface area contributed by atoms with Gasteiger partial charge in [-0.2, -0.15) is 5.10 Å². The lowest BCUT2D eigenvalue weighted by atomic mass is 9.95. The smallest absolute Gasteiger partial charge is 0.214 e. The highest BCUT2D eigenvalue weighted by Gasteiger charge is 2.42. The van der Waals surface area contributed by atoms with E-state index in [2.05, 4.69) is 12.6 Å². The van der Waals surface area contributed by atoms with E-state index >= 15 is 0 Å². The number of rotatable bonds is 7. The Balaban J connectivity index is 1.58. The molecule has 2 aliphatic heterocycles. The number of benzene rings is 3. The highest BCUT2D eigenvalue weighted by molar-refractivity contribution is 6.30. The van der Waals surface area contributed by atoms with Crippen LogP contribution in [0.2, 0.25) is 5.02 Å². The normalized spacial score (nSPS) is 18.3. The number of ether oxygens (including phenoxy) is 4. The summed E-state index contributed by atoms with van der Waals surface area (Å²) in [5.74, 6) is 2.68. The van der Waals surface area contributed by atoms with Gasteiger partial charge in [-0.3, -0.25) is 0 Å². The van der Waals surface area contributed by atoms with E-state index < -0.39 is 6.23 Å². The maximum atomic E-state index is 6.54. The third kappa shape index (κ3) is 3.94. The second-order valence-electron chi connectivity index (χ2n) is 8.01. The van der Waals surface area contributed by atoms with E-state index in [1.54, 1.807) is 20.3 Å². The molecule has 6 nitrogen and oxygen atoms in total. The van der Waals surface area contributed by atoms with E-state index in [-0.39, 0.29) is 6.04 Å². The topological polar surface area (TPSA) is 52.5 Å². The van der Waals surface area contributed by atoms with Gasteiger partial charge < -0.3 is 18.9 Å². The van der Waals surface area contributed by atoms with Gasteiger partial charge >= 0.3 is 0 Å². The monoisotopic (exact) mass is 476 g/mol. The summed E-state index contributed by atoms with van der Waals surface area (Å²) < 4.78 is 23.5. The van der Waals surface area contributed by atoms with Crippen molar-refractivity contribution >= 4 is 17.3 Å². The van der Waals surface area contributed by atoms with Crippen LogP contribution < -0.4 is 18.9 Å². The predicted molar refractivity (Wildman–Crippen MR) is 132 cm³/mol. The maximum Gasteiger partial charge on any atom is 0.214 e. The van der Waals surface area contributed by atoms with Crippen LogP contribution in [-0.4, -0.2) is 31.5 Å². The molecule has 34 heavy (non-hydrogen) atoms. The Morgan fingerprint density at radius 2 is 1.85 bits per heavy atom. The van der Waals surface area contributed by atoms with Gasteiger partial charge in [0.1, 0.15) is 6.61 Å². The molecule has 0 bridgehead atoms. The van der Waals surface area contributed by atoms with Gasteiger partial charge in [-0.25, -0.2) is 5.01 Å². The van der Waals surface area contributed by atoms with Crippen molar-refractivity contribution in [1.29, 1.82) is 0 Å². The molecular weight excluding hydrogens is 452 g/mol. The van der Waals surface area contributed by atoms with Crippen LogP contribution in [0.15, 0.2) is 78.4 Å². The molecule has 2 heterocycles. The Kier molecular flexibility index (Phi) is 6.07. The van der Waals surface area contributed by atoms with Gasteiger partial charge in [0.25, 0.3) is 0 Å². The summed E-state index contributed by atoms with van der Waals surface area (Å²) in [6.45, 7) is 4.10. The highest BCUT2D eigenvalue weighted by atomic mass is 35.5. The van der Waals surface area contributed by atoms with Gasteiger partial charge in [0.15, 0.2) is 23.0 Å². The lowest BCUT2D eigenvalue weighted by Crippen LogP contribution is -2.33. The summed E-state index contributed by atoms with van der Waals surface area (Å²) >= 11 is 6.11. The number of fused-ring (bicyclic) bond motifs is 3. The number of halogens is 1. The highest BCUT2D eigenvalue weighted by Crippen LogP contribution is 2.51. The minimum absolute atomic E-state index is 0.00258. The van der Waals surface area contributed by atoms with Gasteiger partial charge in [-0.15, -0.1) is 0 Å². The molecule has 3 aromatic rings. The second-order valence-corrected chi connectivity index (χ2v) is 8.45. The van der Waals surface area contributed by atoms with Crippen LogP contribution in [0.4, 0.5) is 0 Å². The first-order valence-corrected chi connectivity index (χ1v) is 11.4. The molecular formula is C27H25ClN2O4. The van der Waals surface area contributed by atoms with Crippen LogP contribution in [0.1, 0.15) is 35.4 Å². The zero-order chi connectivity index (χ0) is 23.7. The van der Waals surface area contributed by atoms with Gasteiger partial charge in [0, 0.05) is 22.6 Å². The minimum atomic E-state index is -0.471. The summed E-state index contributed by atoms with van der Waals surface area (Å²) in [4.78, 5) is 0. The molecule has 0 amide bonds. The second kappa shape index (κ2) is 9.31. The Labute approximate surface area is 204 Å². The Morgan fingerprint density at radius 1 is 1.06 bits per heavy atom. The van der Waals surface area contributed by atoms with Crippen LogP contribution in [0.25, 0.3) is 0 Å². The molecule has 0 saturated carbocycles. The van der Waals surface area contributed by atoms with E-state index in [1.165, 1.54) is 0 Å². The minimum Gasteiger partial charge on any atom is -0.493 e. The van der Waals surface area contributed by atoms with Crippen LogP contribution in [0.5, 0.6) is 23.0 Å². The number of hydrogen-bond acceptors (Lipinski definition) is 6. The Morgan fingerprint density at radius 3 is 2.59 bits per heavy atom. The number of hydrogen-bond donors (Lipinski definition) is 0. The molecule has 3 aromatic carbocycles. The first-order valence-electron chi connectivity index (χ1n) is 11.0. The molecule has 0 fully saturated rings. The van der Waals surface area contributed by atoms with Gasteiger partial charge in [-0.1, -0.05) is 48.5 Å². The Hall–Kier alpha value is -3.64. The third-order valence-electron chi connectivity index (χ3n) is 6.01. The number of para-hydroxylation sites is 1. The number of methoxy groups -OCH3 is 2. The van der Waals surface area contributed by atoms with E-state index in [9.17, 15) is 0 Å². The average molecular weight is 477 g/mol. The van der Waals surface area contributed by atoms with Crippen LogP contribution in [0.3, 0.4) is 0 Å². The molecule has 0 aliphatic carbocycles. The molecule has 7 heteroatoms. The van der Waals surface area contributed by atoms with Gasteiger partial charge in [0.2, 0.25) is 6.23 Å². The molecule has 5 rings (SSSR count). The fraction of sp³-hybridized carbons (Fsp3) is 0.222. The van der Waals surface area contributed by atoms with E-state index in [4.69, 9.17) is 35.6 Å². The first kappa shape index (κ1) is 22.2. The quantitative estimate of drug-likeness (QED) is 0.382. The van der Waals surface area contributed by atoms with Crippen LogP contribution in [0, 0.1) is 0 Å². The van der Waals surface area contributed by atoms with E-state index in [0.717, 1.165) is 34.6 Å². The molecule has 0 N–H and O–H groups in total. The van der Waals surface area contributed by atoms with Crippen molar-refractivity contribution in [1.82, 2.24) is 5.01 Å². The molecule has 2 atom stereocenters. The molecule has 0 radical (unpaired) electrons. The fourth-order valence-electron chi connectivity index (χ4n) is 4.39. The van der Waals surface area contributed by atoms with Gasteiger partial charge in [0.05, 0.1) is 26.0 Å². The summed E-state index contributed by atoms with van der Waals surface area (Å²) in [6.07, 6.45) is 1.96. The first-order chi connectivity index (χ1) is 16.6. The number of hydrazone groups is 1. The maximum absolute atomic E-state index is 6.54. The van der Waals surface area contributed by atoms with E-state index in [0.29, 0.717) is 28.9 Å². The van der Waals surface area contributed by atoms with E-state index in [1.807, 2.05) is 59.6 Å². The summed E-state index contributed by atoms with van der Waals surface area (Å²) in [6, 6.07) is 19.5. The Bertz CT molecular complexity index is 1240. The van der Waals surface area contributed by atoms with Crippen LogP contribution >= 0.6 is 11.6 Å². The predicted octanol–water partition coefficient (Wildman–Crippen LogP) is 6.16. The van der Waals surface area contributed by atoms with Crippen LogP contribution in [-0.2, 0) is 0 Å². The van der Waals surface area contributed by atoms with Crippen molar-refractivity contribution in [3.8, 4) is 23.0 Å². The van der Waals surface area contributed by atoms with Crippen molar-refractivity contribution in [3.63, 3.8) is 0 Å². The van der Waals surface area contributed by atoms with Crippen molar-refractivity contribution in [2.75, 3.05) is 20.8 Å². The SMILES string of the molecule is C=CCOc1ccc([C@@H]2Oc3c(OC)cccc3[C@@H]3CC(c4ccc(Cl)cc4)=NN32)cc1OC. The van der Waals surface area contributed by atoms with Crippen molar-refractivity contribution in [3.05, 3.63) is 95.0 Å². The largest absolute Gasteiger partial charge is 0.493 e. The molecule has 0 saturated heterocycles. The summed E-state index contributed by atoms with van der Waals surface area (Å²) in [7, 11) is 3.27. The summed E-state index contributed by atoms with van der Waals surface area (Å²) in [5, 5.41) is 7.72. The summed E-state index contributed by atoms with van der Waals surface area (Å²) in [5.41, 5.74) is 3.95. The molecule has 0 spiro atoms. The average Bonchev–Trinajstić information content (AvgIpc) is 3.32. The zero-order valence-electron chi connectivity index (χ0n) is 19.0. The van der Waals surface area contributed by atoms with Gasteiger partial charge in [-0.05, 0) is 42.0 Å².